The topological polar surface area (TPSA) is 58.8 Å². The summed E-state index contributed by atoms with van der Waals surface area (Å²) in [5, 5.41) is 0. The van der Waals surface area contributed by atoms with Crippen LogP contribution in [0.1, 0.15) is 25.3 Å². The molecule has 0 radical (unpaired) electrons. The maximum atomic E-state index is 12.7. The summed E-state index contributed by atoms with van der Waals surface area (Å²) < 4.78 is 5.45. The van der Waals surface area contributed by atoms with Gasteiger partial charge in [0.15, 0.2) is 0 Å². The fourth-order valence-corrected chi connectivity index (χ4v) is 3.18. The molecule has 136 valence electrons. The number of likely N-dealkylation sites (tertiary alicyclic amines) is 1. The number of rotatable bonds is 7. The Labute approximate surface area is 151 Å². The average Bonchev–Trinajstić information content (AvgIpc) is 2.60. The zero-order valence-corrected chi connectivity index (χ0v) is 15.5. The number of carbonyl (C=O) groups is 1. The van der Waals surface area contributed by atoms with Crippen molar-refractivity contribution in [2.24, 2.45) is 5.73 Å². The monoisotopic (exact) mass is 355 g/mol. The minimum atomic E-state index is 0. The number of amides is 1. The maximum absolute atomic E-state index is 12.7. The normalized spacial score (nSPS) is 21.1. The lowest BCUT2D eigenvalue weighted by atomic mass is 9.99. The van der Waals surface area contributed by atoms with Crippen LogP contribution < -0.4 is 5.73 Å². The summed E-state index contributed by atoms with van der Waals surface area (Å²) in [6.45, 7) is 5.29. The van der Waals surface area contributed by atoms with Crippen LogP contribution in [0.5, 0.6) is 0 Å². The summed E-state index contributed by atoms with van der Waals surface area (Å²) in [7, 11) is 1.75. The molecular weight excluding hydrogens is 326 g/mol. The molecule has 1 saturated heterocycles. The molecule has 2 unspecified atom stereocenters. The van der Waals surface area contributed by atoms with Crippen LogP contribution >= 0.6 is 12.4 Å². The Morgan fingerprint density at radius 1 is 1.38 bits per heavy atom. The second-order valence-corrected chi connectivity index (χ2v) is 6.14. The van der Waals surface area contributed by atoms with Crippen LogP contribution in [0.3, 0.4) is 0 Å². The van der Waals surface area contributed by atoms with Crippen molar-refractivity contribution in [2.75, 3.05) is 33.3 Å². The van der Waals surface area contributed by atoms with Crippen molar-refractivity contribution in [3.8, 4) is 0 Å². The molecule has 0 spiro atoms. The van der Waals surface area contributed by atoms with Crippen molar-refractivity contribution in [3.05, 3.63) is 35.9 Å². The minimum Gasteiger partial charge on any atom is -0.381 e. The van der Waals surface area contributed by atoms with Crippen molar-refractivity contribution in [1.82, 2.24) is 9.80 Å². The van der Waals surface area contributed by atoms with Gasteiger partial charge in [0.1, 0.15) is 0 Å². The van der Waals surface area contributed by atoms with Gasteiger partial charge in [-0.1, -0.05) is 30.3 Å². The highest BCUT2D eigenvalue weighted by Gasteiger charge is 2.29. The van der Waals surface area contributed by atoms with Crippen LogP contribution in [0.15, 0.2) is 30.3 Å². The van der Waals surface area contributed by atoms with Crippen LogP contribution in [0.25, 0.3) is 0 Å². The molecule has 1 aromatic carbocycles. The van der Waals surface area contributed by atoms with E-state index in [0.717, 1.165) is 31.5 Å². The Morgan fingerprint density at radius 2 is 2.08 bits per heavy atom. The first-order valence-corrected chi connectivity index (χ1v) is 8.46. The van der Waals surface area contributed by atoms with Gasteiger partial charge < -0.3 is 15.4 Å². The molecule has 0 saturated carbocycles. The number of hydrogen-bond acceptors (Lipinski definition) is 4. The lowest BCUT2D eigenvalue weighted by Gasteiger charge is -2.38. The summed E-state index contributed by atoms with van der Waals surface area (Å²) >= 11 is 0. The van der Waals surface area contributed by atoms with Crippen molar-refractivity contribution in [1.29, 1.82) is 0 Å². The van der Waals surface area contributed by atoms with Gasteiger partial charge in [-0.3, -0.25) is 9.69 Å². The first-order valence-electron chi connectivity index (χ1n) is 8.46. The number of carbonyl (C=O) groups excluding carboxylic acids is 1. The van der Waals surface area contributed by atoms with Crippen molar-refractivity contribution >= 4 is 18.3 Å². The highest BCUT2D eigenvalue weighted by molar-refractivity contribution is 5.85. The van der Waals surface area contributed by atoms with Crippen LogP contribution in [0, 0.1) is 0 Å². The standard InChI is InChI=1S/C18H29N3O2.ClH/c1-3-20(13-15-7-5-4-6-8-15)18(22)14-21-10-9-17(23-2)11-16(21)12-19;/h4-8,16-17H,3,9-14,19H2,1-2H3;1H. The van der Waals surface area contributed by atoms with E-state index in [-0.39, 0.29) is 30.5 Å². The first-order chi connectivity index (χ1) is 11.2. The Bertz CT molecular complexity index is 486. The number of nitrogens with two attached hydrogens (primary N) is 1. The Balaban J connectivity index is 0.00000288. The summed E-state index contributed by atoms with van der Waals surface area (Å²) in [5.41, 5.74) is 7.06. The summed E-state index contributed by atoms with van der Waals surface area (Å²) in [4.78, 5) is 16.8. The number of piperidine rings is 1. The number of ether oxygens (including phenoxy) is 1. The molecule has 0 bridgehead atoms. The highest BCUT2D eigenvalue weighted by atomic mass is 35.5. The Morgan fingerprint density at radius 3 is 2.67 bits per heavy atom. The van der Waals surface area contributed by atoms with Gasteiger partial charge in [-0.15, -0.1) is 12.4 Å². The number of methoxy groups -OCH3 is 1. The van der Waals surface area contributed by atoms with Gasteiger partial charge >= 0.3 is 0 Å². The molecule has 2 N–H and O–H groups in total. The quantitative estimate of drug-likeness (QED) is 0.811. The highest BCUT2D eigenvalue weighted by Crippen LogP contribution is 2.19. The third kappa shape index (κ3) is 5.74. The molecule has 1 aliphatic heterocycles. The van der Waals surface area contributed by atoms with Gasteiger partial charge in [-0.25, -0.2) is 0 Å². The van der Waals surface area contributed by atoms with E-state index in [1.807, 2.05) is 30.0 Å². The molecule has 2 atom stereocenters. The van der Waals surface area contributed by atoms with Gasteiger partial charge in [0, 0.05) is 39.3 Å². The number of hydrogen-bond donors (Lipinski definition) is 1. The van der Waals surface area contributed by atoms with E-state index in [1.165, 1.54) is 0 Å². The molecule has 6 heteroatoms. The average molecular weight is 356 g/mol. The smallest absolute Gasteiger partial charge is 0.237 e. The second kappa shape index (κ2) is 10.7. The molecule has 0 aromatic heterocycles. The zero-order valence-electron chi connectivity index (χ0n) is 14.7. The van der Waals surface area contributed by atoms with Gasteiger partial charge in [0.05, 0.1) is 12.6 Å². The van der Waals surface area contributed by atoms with E-state index in [1.54, 1.807) is 7.11 Å². The van der Waals surface area contributed by atoms with E-state index in [4.69, 9.17) is 10.5 Å². The minimum absolute atomic E-state index is 0. The number of nitrogens with zero attached hydrogens (tertiary/aromatic N) is 2. The van der Waals surface area contributed by atoms with E-state index >= 15 is 0 Å². The fourth-order valence-electron chi connectivity index (χ4n) is 3.18. The Kier molecular flexibility index (Phi) is 9.29. The molecule has 5 nitrogen and oxygen atoms in total. The molecule has 24 heavy (non-hydrogen) atoms. The molecular formula is C18H30ClN3O2. The largest absolute Gasteiger partial charge is 0.381 e. The van der Waals surface area contributed by atoms with Crippen molar-refractivity contribution < 1.29 is 9.53 Å². The SMILES string of the molecule is CCN(Cc1ccccc1)C(=O)CN1CCC(OC)CC1CN.Cl. The van der Waals surface area contributed by atoms with Gasteiger partial charge in [0.25, 0.3) is 0 Å². The molecule has 1 heterocycles. The number of likely N-dealkylation sites (N-methyl/N-ethyl adjacent to an activating group) is 1. The van der Waals surface area contributed by atoms with E-state index in [2.05, 4.69) is 17.0 Å². The molecule has 2 rings (SSSR count). The third-order valence-electron chi connectivity index (χ3n) is 4.68. The summed E-state index contributed by atoms with van der Waals surface area (Å²) in [6, 6.07) is 10.4. The van der Waals surface area contributed by atoms with Gasteiger partial charge in [0.2, 0.25) is 5.91 Å². The van der Waals surface area contributed by atoms with Crippen molar-refractivity contribution in [2.45, 2.75) is 38.5 Å². The molecule has 1 amide bonds. The molecule has 1 aromatic rings. The second-order valence-electron chi connectivity index (χ2n) is 6.14. The molecule has 0 aliphatic carbocycles. The van der Waals surface area contributed by atoms with Crippen LogP contribution in [-0.2, 0) is 16.1 Å². The molecule has 1 aliphatic rings. The van der Waals surface area contributed by atoms with Crippen LogP contribution in [0.2, 0.25) is 0 Å². The number of benzene rings is 1. The van der Waals surface area contributed by atoms with E-state index < -0.39 is 0 Å². The van der Waals surface area contributed by atoms with Crippen LogP contribution in [-0.4, -0.2) is 61.1 Å². The third-order valence-corrected chi connectivity index (χ3v) is 4.68. The lowest BCUT2D eigenvalue weighted by molar-refractivity contribution is -0.134. The van der Waals surface area contributed by atoms with E-state index in [0.29, 0.717) is 19.6 Å². The molecule has 1 fully saturated rings. The number of halogens is 1. The summed E-state index contributed by atoms with van der Waals surface area (Å²) in [6.07, 6.45) is 2.14. The zero-order chi connectivity index (χ0) is 16.7. The predicted molar refractivity (Wildman–Crippen MR) is 99.2 cm³/mol. The maximum Gasteiger partial charge on any atom is 0.237 e. The van der Waals surface area contributed by atoms with Crippen LogP contribution in [0.4, 0.5) is 0 Å². The Hall–Kier alpha value is -1.14. The van der Waals surface area contributed by atoms with Crippen molar-refractivity contribution in [3.63, 3.8) is 0 Å². The predicted octanol–water partition coefficient (Wildman–Crippen LogP) is 1.90. The van der Waals surface area contributed by atoms with E-state index in [9.17, 15) is 4.79 Å². The summed E-state index contributed by atoms with van der Waals surface area (Å²) in [5.74, 6) is 0.172. The van der Waals surface area contributed by atoms with Gasteiger partial charge in [-0.2, -0.15) is 0 Å². The fraction of sp³-hybridized carbons (Fsp3) is 0.611. The lowest BCUT2D eigenvalue weighted by Crippen LogP contribution is -2.52. The van der Waals surface area contributed by atoms with Gasteiger partial charge in [-0.05, 0) is 25.3 Å². The first kappa shape index (κ1) is 20.9.